The largest absolute Gasteiger partial charge is 0.356 e. The molecule has 0 bridgehead atoms. The monoisotopic (exact) mass is 375 g/mol. The molecular formula is C21H30FN3O2. The molecule has 1 aliphatic heterocycles. The first-order valence-electron chi connectivity index (χ1n) is 9.92. The Kier molecular flexibility index (Phi) is 6.02. The summed E-state index contributed by atoms with van der Waals surface area (Å²) in [6, 6.07) is 4.97. The third-order valence-corrected chi connectivity index (χ3v) is 5.44. The van der Waals surface area contributed by atoms with Crippen LogP contribution in [0.25, 0.3) is 0 Å². The maximum Gasteiger partial charge on any atom is 0.317 e. The van der Waals surface area contributed by atoms with E-state index in [1.54, 1.807) is 17.9 Å². The average Bonchev–Trinajstić information content (AvgIpc) is 3.45. The summed E-state index contributed by atoms with van der Waals surface area (Å²) in [5.41, 5.74) is 1.57. The molecule has 1 aromatic rings. The number of likely N-dealkylation sites (tertiary alicyclic amines) is 1. The zero-order chi connectivity index (χ0) is 19.6. The Morgan fingerprint density at radius 3 is 2.63 bits per heavy atom. The summed E-state index contributed by atoms with van der Waals surface area (Å²) in [5, 5.41) is 5.97. The zero-order valence-electron chi connectivity index (χ0n) is 16.4. The van der Waals surface area contributed by atoms with Gasteiger partial charge in [0.2, 0.25) is 5.91 Å². The number of hydrogen-bond donors (Lipinski definition) is 2. The van der Waals surface area contributed by atoms with Crippen molar-refractivity contribution in [1.82, 2.24) is 15.5 Å². The van der Waals surface area contributed by atoms with Crippen LogP contribution >= 0.6 is 0 Å². The molecule has 3 rings (SSSR count). The van der Waals surface area contributed by atoms with Crippen LogP contribution in [0.3, 0.4) is 0 Å². The lowest BCUT2D eigenvalue weighted by atomic mass is 9.83. The number of halogens is 1. The van der Waals surface area contributed by atoms with Gasteiger partial charge in [0.25, 0.3) is 0 Å². The van der Waals surface area contributed by atoms with Crippen LogP contribution in [0.1, 0.15) is 50.2 Å². The second-order valence-electron chi connectivity index (χ2n) is 8.34. The summed E-state index contributed by atoms with van der Waals surface area (Å²) >= 11 is 0. The molecule has 148 valence electrons. The Morgan fingerprint density at radius 1 is 1.26 bits per heavy atom. The first kappa shape index (κ1) is 19.6. The number of hydrogen-bond acceptors (Lipinski definition) is 2. The second-order valence-corrected chi connectivity index (χ2v) is 8.34. The molecule has 1 heterocycles. The molecule has 0 unspecified atom stereocenters. The molecule has 5 nitrogen and oxygen atoms in total. The van der Waals surface area contributed by atoms with Crippen LogP contribution in [0.15, 0.2) is 18.2 Å². The zero-order valence-corrected chi connectivity index (χ0v) is 16.4. The normalized spacial score (nSPS) is 22.6. The number of carbonyl (C=O) groups excluding carboxylic acids is 2. The van der Waals surface area contributed by atoms with E-state index < -0.39 is 0 Å². The van der Waals surface area contributed by atoms with Crippen LogP contribution in [-0.4, -0.2) is 42.5 Å². The number of urea groups is 1. The Morgan fingerprint density at radius 2 is 2.00 bits per heavy atom. The van der Waals surface area contributed by atoms with Gasteiger partial charge in [-0.15, -0.1) is 0 Å². The van der Waals surface area contributed by atoms with Crippen LogP contribution in [-0.2, 0) is 4.79 Å². The standard InChI is InChI=1S/C21H30FN3O2/c1-13(2)24-21(27)25-11-17(16-6-7-19(22)14(3)8-16)9-18(12-25)20(26)23-10-15-4-5-15/h6-8,13,15,17-18H,4-5,9-12H2,1-3H3,(H,23,26)(H,24,27)/t17-,18+/m1/s1. The number of aryl methyl sites for hydroxylation is 1. The van der Waals surface area contributed by atoms with Crippen molar-refractivity contribution in [2.75, 3.05) is 19.6 Å². The molecule has 1 saturated heterocycles. The Hall–Kier alpha value is -2.11. The molecule has 2 N–H and O–H groups in total. The van der Waals surface area contributed by atoms with E-state index in [4.69, 9.17) is 0 Å². The predicted molar refractivity (Wildman–Crippen MR) is 103 cm³/mol. The summed E-state index contributed by atoms with van der Waals surface area (Å²) in [6.45, 7) is 7.27. The molecule has 1 aliphatic carbocycles. The summed E-state index contributed by atoms with van der Waals surface area (Å²) in [4.78, 5) is 27.0. The van der Waals surface area contributed by atoms with Gasteiger partial charge in [-0.2, -0.15) is 0 Å². The molecule has 1 saturated carbocycles. The number of rotatable bonds is 5. The van der Waals surface area contributed by atoms with Crippen molar-refractivity contribution >= 4 is 11.9 Å². The van der Waals surface area contributed by atoms with E-state index in [0.717, 1.165) is 12.1 Å². The fourth-order valence-corrected chi connectivity index (χ4v) is 3.67. The lowest BCUT2D eigenvalue weighted by molar-refractivity contribution is -0.126. The highest BCUT2D eigenvalue weighted by Crippen LogP contribution is 2.32. The predicted octanol–water partition coefficient (Wildman–Crippen LogP) is 3.18. The van der Waals surface area contributed by atoms with E-state index in [1.807, 2.05) is 19.9 Å². The maximum atomic E-state index is 13.7. The van der Waals surface area contributed by atoms with Gasteiger partial charge in [0, 0.05) is 31.6 Å². The highest BCUT2D eigenvalue weighted by atomic mass is 19.1. The van der Waals surface area contributed by atoms with Crippen LogP contribution in [0.4, 0.5) is 9.18 Å². The Bertz CT molecular complexity index is 703. The van der Waals surface area contributed by atoms with Gasteiger partial charge in [0.1, 0.15) is 5.82 Å². The van der Waals surface area contributed by atoms with Crippen molar-refractivity contribution in [3.05, 3.63) is 35.1 Å². The molecule has 6 heteroatoms. The van der Waals surface area contributed by atoms with Crippen molar-refractivity contribution in [2.24, 2.45) is 11.8 Å². The fraction of sp³-hybridized carbons (Fsp3) is 0.619. The molecule has 2 aliphatic rings. The Labute approximate surface area is 160 Å². The summed E-state index contributed by atoms with van der Waals surface area (Å²) in [6.07, 6.45) is 3.05. The Balaban J connectivity index is 1.75. The van der Waals surface area contributed by atoms with Crippen LogP contribution in [0.5, 0.6) is 0 Å². The highest BCUT2D eigenvalue weighted by molar-refractivity contribution is 5.81. The number of benzene rings is 1. The number of nitrogens with one attached hydrogen (secondary N) is 2. The minimum absolute atomic E-state index is 0.0210. The third kappa shape index (κ3) is 5.21. The van der Waals surface area contributed by atoms with Gasteiger partial charge < -0.3 is 15.5 Å². The van der Waals surface area contributed by atoms with E-state index in [1.165, 1.54) is 18.9 Å². The van der Waals surface area contributed by atoms with Crippen LogP contribution in [0.2, 0.25) is 0 Å². The van der Waals surface area contributed by atoms with Gasteiger partial charge in [0.05, 0.1) is 5.92 Å². The van der Waals surface area contributed by atoms with Crippen LogP contribution in [0, 0.1) is 24.6 Å². The van der Waals surface area contributed by atoms with Gasteiger partial charge >= 0.3 is 6.03 Å². The van der Waals surface area contributed by atoms with Crippen molar-refractivity contribution in [2.45, 2.75) is 52.0 Å². The van der Waals surface area contributed by atoms with E-state index in [9.17, 15) is 14.0 Å². The topological polar surface area (TPSA) is 61.4 Å². The third-order valence-electron chi connectivity index (χ3n) is 5.44. The molecule has 2 fully saturated rings. The minimum Gasteiger partial charge on any atom is -0.356 e. The molecule has 27 heavy (non-hydrogen) atoms. The average molecular weight is 375 g/mol. The molecule has 1 aromatic carbocycles. The van der Waals surface area contributed by atoms with Gasteiger partial charge in [-0.05, 0) is 63.1 Å². The molecule has 0 radical (unpaired) electrons. The SMILES string of the molecule is Cc1cc([C@@H]2C[C@H](C(=O)NCC3CC3)CN(C(=O)NC(C)C)C2)ccc1F. The highest BCUT2D eigenvalue weighted by Gasteiger charge is 2.35. The summed E-state index contributed by atoms with van der Waals surface area (Å²) in [5.74, 6) is 0.183. The van der Waals surface area contributed by atoms with Gasteiger partial charge in [0.15, 0.2) is 0 Å². The van der Waals surface area contributed by atoms with E-state index in [2.05, 4.69) is 10.6 Å². The molecule has 2 atom stereocenters. The second kappa shape index (κ2) is 8.28. The molecular weight excluding hydrogens is 345 g/mol. The van der Waals surface area contributed by atoms with Gasteiger partial charge in [-0.3, -0.25) is 4.79 Å². The van der Waals surface area contributed by atoms with E-state index in [-0.39, 0.29) is 35.6 Å². The fourth-order valence-electron chi connectivity index (χ4n) is 3.67. The maximum absolute atomic E-state index is 13.7. The van der Waals surface area contributed by atoms with Crippen molar-refractivity contribution in [3.63, 3.8) is 0 Å². The quantitative estimate of drug-likeness (QED) is 0.830. The lowest BCUT2D eigenvalue weighted by Gasteiger charge is -2.38. The summed E-state index contributed by atoms with van der Waals surface area (Å²) in [7, 11) is 0. The smallest absolute Gasteiger partial charge is 0.317 e. The number of amides is 3. The molecule has 0 spiro atoms. The lowest BCUT2D eigenvalue weighted by Crippen LogP contribution is -2.52. The first-order chi connectivity index (χ1) is 12.8. The number of nitrogens with zero attached hydrogens (tertiary/aromatic N) is 1. The number of piperidine rings is 1. The van der Waals surface area contributed by atoms with Crippen molar-refractivity contribution < 1.29 is 14.0 Å². The molecule has 3 amide bonds. The van der Waals surface area contributed by atoms with Crippen molar-refractivity contribution in [1.29, 1.82) is 0 Å². The summed E-state index contributed by atoms with van der Waals surface area (Å²) < 4.78 is 13.7. The number of carbonyl (C=O) groups is 2. The van der Waals surface area contributed by atoms with Gasteiger partial charge in [-0.25, -0.2) is 9.18 Å². The van der Waals surface area contributed by atoms with Crippen LogP contribution < -0.4 is 10.6 Å². The minimum atomic E-state index is -0.245. The molecule has 0 aromatic heterocycles. The van der Waals surface area contributed by atoms with Crippen molar-refractivity contribution in [3.8, 4) is 0 Å². The first-order valence-corrected chi connectivity index (χ1v) is 9.92. The van der Waals surface area contributed by atoms with Gasteiger partial charge in [-0.1, -0.05) is 12.1 Å². The van der Waals surface area contributed by atoms with E-state index in [0.29, 0.717) is 31.0 Å². The van der Waals surface area contributed by atoms with E-state index >= 15 is 0 Å².